The van der Waals surface area contributed by atoms with Gasteiger partial charge in [0.25, 0.3) is 0 Å². The molecule has 0 aliphatic carbocycles. The van der Waals surface area contributed by atoms with Gasteiger partial charge in [-0.2, -0.15) is 0 Å². The van der Waals surface area contributed by atoms with Gasteiger partial charge in [0, 0.05) is 10.8 Å². The van der Waals surface area contributed by atoms with Crippen LogP contribution in [0.15, 0.2) is 0 Å². The van der Waals surface area contributed by atoms with Crippen molar-refractivity contribution in [3.05, 3.63) is 0 Å². The lowest BCUT2D eigenvalue weighted by molar-refractivity contribution is -0.929. The molecule has 6 heteroatoms. The summed E-state index contributed by atoms with van der Waals surface area (Å²) in [6.07, 6.45) is 11.1. The van der Waals surface area contributed by atoms with E-state index in [4.69, 9.17) is 20.4 Å². The van der Waals surface area contributed by atoms with Gasteiger partial charge in [-0.3, -0.25) is 0 Å². The minimum atomic E-state index is -0.306. The third-order valence-corrected chi connectivity index (χ3v) is 5.66. The number of halogens is 1. The van der Waals surface area contributed by atoms with Crippen molar-refractivity contribution in [2.24, 2.45) is 10.8 Å². The predicted octanol–water partition coefficient (Wildman–Crippen LogP) is 2.00. The van der Waals surface area contributed by atoms with Crippen LogP contribution in [0.4, 0.5) is 0 Å². The first-order chi connectivity index (χ1) is 14.5. The molecule has 4 N–H and O–H groups in total. The van der Waals surface area contributed by atoms with E-state index in [0.29, 0.717) is 0 Å². The normalized spacial score (nSPS) is 11.6. The number of aliphatic hydroxyl groups excluding tert-OH is 4. The Bertz CT molecular complexity index is 300. The zero-order valence-electron chi connectivity index (χ0n) is 22.9. The zero-order valence-corrected chi connectivity index (χ0v) is 22.9. The van der Waals surface area contributed by atoms with E-state index in [1.165, 1.54) is 82.0 Å². The molecule has 0 atom stereocenters. The van der Waals surface area contributed by atoms with Gasteiger partial charge in [-0.1, -0.05) is 81.1 Å². The summed E-state index contributed by atoms with van der Waals surface area (Å²) in [5.74, 6) is 0. The van der Waals surface area contributed by atoms with Crippen LogP contribution in [0, 0.1) is 10.8 Å². The molecule has 0 aromatic carbocycles. The van der Waals surface area contributed by atoms with E-state index < -0.39 is 0 Å². The van der Waals surface area contributed by atoms with E-state index in [0.717, 1.165) is 0 Å². The molecule has 0 saturated heterocycles. The second kappa shape index (κ2) is 23.9. The summed E-state index contributed by atoms with van der Waals surface area (Å²) in [6.45, 7) is 22.4. The first-order valence-electron chi connectivity index (χ1n) is 12.8. The van der Waals surface area contributed by atoms with Gasteiger partial charge in [0.05, 0.1) is 52.6 Å². The van der Waals surface area contributed by atoms with E-state index in [2.05, 4.69) is 27.7 Å². The fourth-order valence-corrected chi connectivity index (χ4v) is 2.74. The van der Waals surface area contributed by atoms with E-state index in [9.17, 15) is 0 Å². The Morgan fingerprint density at radius 3 is 0.750 bits per heavy atom. The molecule has 0 rings (SSSR count). The first-order valence-corrected chi connectivity index (χ1v) is 12.8. The Morgan fingerprint density at radius 1 is 0.469 bits per heavy atom. The highest BCUT2D eigenvalue weighted by atomic mass is 19.0. The van der Waals surface area contributed by atoms with Gasteiger partial charge in [-0.25, -0.2) is 0 Å². The van der Waals surface area contributed by atoms with Crippen molar-refractivity contribution < 1.29 is 29.6 Å². The van der Waals surface area contributed by atoms with Crippen LogP contribution in [-0.4, -0.2) is 77.5 Å². The van der Waals surface area contributed by atoms with Crippen LogP contribution >= 0.6 is 0 Å². The summed E-state index contributed by atoms with van der Waals surface area (Å²) in [5.41, 5.74) is -0.611. The molecule has 0 unspecified atom stereocenters. The highest BCUT2D eigenvalue weighted by Gasteiger charge is 2.24. The van der Waals surface area contributed by atoms with Crippen molar-refractivity contribution in [3.63, 3.8) is 0 Å². The second-order valence-electron chi connectivity index (χ2n) is 10.6. The zero-order chi connectivity index (χ0) is 24.8. The Morgan fingerprint density at radius 2 is 0.656 bits per heavy atom. The molecule has 0 spiro atoms. The summed E-state index contributed by atoms with van der Waals surface area (Å²) in [5, 5.41) is 33.7. The predicted molar refractivity (Wildman–Crippen MR) is 135 cm³/mol. The molecule has 0 amide bonds. The first kappa shape index (κ1) is 39.0. The molecular formula is C26H60FNO4. The molecule has 0 aliphatic heterocycles. The van der Waals surface area contributed by atoms with E-state index >= 15 is 0 Å². The molecule has 0 aliphatic rings. The summed E-state index contributed by atoms with van der Waals surface area (Å²) >= 11 is 0. The summed E-state index contributed by atoms with van der Waals surface area (Å²) in [6, 6.07) is 0. The van der Waals surface area contributed by atoms with Crippen molar-refractivity contribution in [2.45, 2.75) is 107 Å². The molecule has 5 nitrogen and oxygen atoms in total. The van der Waals surface area contributed by atoms with E-state index in [1.807, 2.05) is 0 Å². The number of hydrogen-bond donors (Lipinski definition) is 4. The third kappa shape index (κ3) is 24.4. The van der Waals surface area contributed by atoms with Crippen molar-refractivity contribution >= 4 is 0 Å². The number of hydrogen-bond acceptors (Lipinski definition) is 4. The average Bonchev–Trinajstić information content (AvgIpc) is 2.79. The highest BCUT2D eigenvalue weighted by Crippen LogP contribution is 2.16. The fourth-order valence-electron chi connectivity index (χ4n) is 2.74. The molecular weight excluding hydrogens is 409 g/mol. The Labute approximate surface area is 200 Å². The van der Waals surface area contributed by atoms with Crippen molar-refractivity contribution in [3.8, 4) is 0 Å². The lowest BCUT2D eigenvalue weighted by Gasteiger charge is -2.39. The lowest BCUT2D eigenvalue weighted by Crippen LogP contribution is -3.00. The van der Waals surface area contributed by atoms with Crippen LogP contribution in [0.25, 0.3) is 0 Å². The molecule has 0 aromatic rings. The molecule has 0 fully saturated rings. The molecule has 0 heterocycles. The summed E-state index contributed by atoms with van der Waals surface area (Å²) < 4.78 is 1.42. The molecule has 0 saturated carbocycles. The van der Waals surface area contributed by atoms with Gasteiger partial charge in [0.2, 0.25) is 0 Å². The largest absolute Gasteiger partial charge is 1.00 e. The van der Waals surface area contributed by atoms with Crippen LogP contribution in [-0.2, 0) is 0 Å². The maximum absolute atomic E-state index is 8.43. The minimum absolute atomic E-state index is 0. The van der Waals surface area contributed by atoms with Gasteiger partial charge in [-0.05, 0) is 25.7 Å². The summed E-state index contributed by atoms with van der Waals surface area (Å²) in [7, 11) is 0. The Balaban J connectivity index is -0.000000217. The topological polar surface area (TPSA) is 80.9 Å². The maximum Gasteiger partial charge on any atom is 0.0786 e. The van der Waals surface area contributed by atoms with Gasteiger partial charge < -0.3 is 29.6 Å². The smallest absolute Gasteiger partial charge is 0.0786 e. The number of rotatable bonds is 16. The third-order valence-electron chi connectivity index (χ3n) is 5.66. The van der Waals surface area contributed by atoms with Gasteiger partial charge >= 0.3 is 0 Å². The SMILES string of the molecule is CC(C)(CO)CO.CC(C)(CO)CO.CCCC[N+](CCCC)(CCCC)CCCC.[F-]. The van der Waals surface area contributed by atoms with Crippen molar-refractivity contribution in [2.75, 3.05) is 52.6 Å². The van der Waals surface area contributed by atoms with E-state index in [1.54, 1.807) is 27.7 Å². The molecule has 0 bridgehead atoms. The van der Waals surface area contributed by atoms with Gasteiger partial charge in [-0.15, -0.1) is 0 Å². The highest BCUT2D eigenvalue weighted by molar-refractivity contribution is 4.63. The lowest BCUT2D eigenvalue weighted by atomic mass is 9.97. The molecule has 0 aromatic heterocycles. The standard InChI is InChI=1S/C16H36N.2C5H12O2.FH/c1-5-9-13-17(14-10-6-2,15-11-7-3)16-12-8-4;2*1-5(2,3-6)4-7;/h5-16H2,1-4H3;2*6-7H,3-4H2,1-2H3;1H/q+1;;;/p-1. The molecule has 200 valence electrons. The van der Waals surface area contributed by atoms with Crippen LogP contribution in [0.1, 0.15) is 107 Å². The van der Waals surface area contributed by atoms with Crippen molar-refractivity contribution in [1.29, 1.82) is 0 Å². The molecule has 32 heavy (non-hydrogen) atoms. The van der Waals surface area contributed by atoms with Gasteiger partial charge in [0.15, 0.2) is 0 Å². The number of unbranched alkanes of at least 4 members (excludes halogenated alkanes) is 4. The number of quaternary nitrogens is 1. The van der Waals surface area contributed by atoms with Crippen LogP contribution in [0.3, 0.4) is 0 Å². The fraction of sp³-hybridized carbons (Fsp3) is 1.00. The quantitative estimate of drug-likeness (QED) is 0.261. The Hall–Kier alpha value is -0.270. The van der Waals surface area contributed by atoms with E-state index in [-0.39, 0.29) is 42.0 Å². The van der Waals surface area contributed by atoms with Gasteiger partial charge in [0.1, 0.15) is 0 Å². The maximum atomic E-state index is 8.43. The van der Waals surface area contributed by atoms with Crippen LogP contribution in [0.5, 0.6) is 0 Å². The average molecular weight is 470 g/mol. The summed E-state index contributed by atoms with van der Waals surface area (Å²) in [4.78, 5) is 0. The van der Waals surface area contributed by atoms with Crippen LogP contribution in [0.2, 0.25) is 0 Å². The number of nitrogens with zero attached hydrogens (tertiary/aromatic N) is 1. The monoisotopic (exact) mass is 469 g/mol. The minimum Gasteiger partial charge on any atom is -1.00 e. The Kier molecular flexibility index (Phi) is 29.1. The number of aliphatic hydroxyl groups is 4. The van der Waals surface area contributed by atoms with Crippen LogP contribution < -0.4 is 4.70 Å². The van der Waals surface area contributed by atoms with Crippen molar-refractivity contribution in [1.82, 2.24) is 0 Å². The second-order valence-corrected chi connectivity index (χ2v) is 10.6. The molecule has 0 radical (unpaired) electrons.